The second-order valence-electron chi connectivity index (χ2n) is 3.34. The number of nitrogens with zero attached hydrogens (tertiary/aromatic N) is 1. The summed E-state index contributed by atoms with van der Waals surface area (Å²) in [5.74, 6) is 7.26. The normalized spacial score (nSPS) is 14.8. The molecular formula is C10H12BrN3O2S. The fourth-order valence-corrected chi connectivity index (χ4v) is 2.67. The second kappa shape index (κ2) is 5.50. The van der Waals surface area contributed by atoms with Crippen molar-refractivity contribution in [3.63, 3.8) is 0 Å². The van der Waals surface area contributed by atoms with Crippen molar-refractivity contribution in [1.82, 2.24) is 0 Å². The zero-order valence-corrected chi connectivity index (χ0v) is 11.4. The summed E-state index contributed by atoms with van der Waals surface area (Å²) >= 11 is 4.86. The Bertz CT molecular complexity index is 453. The molecule has 1 heterocycles. The Hall–Kier alpha value is -1.08. The third-order valence-electron chi connectivity index (χ3n) is 2.21. The van der Waals surface area contributed by atoms with E-state index in [9.17, 15) is 0 Å². The molecular weight excluding hydrogens is 306 g/mol. The summed E-state index contributed by atoms with van der Waals surface area (Å²) in [5, 5.41) is 3.76. The number of fused-ring (bicyclic) bond motifs is 1. The molecule has 0 saturated heterocycles. The number of hydrazone groups is 1. The number of hydrogen-bond donors (Lipinski definition) is 2. The molecule has 0 radical (unpaired) electrons. The quantitative estimate of drug-likeness (QED) is 0.375. The molecule has 1 aliphatic rings. The summed E-state index contributed by atoms with van der Waals surface area (Å²) in [6, 6.07) is 3.84. The molecule has 0 aliphatic carbocycles. The first-order valence-electron chi connectivity index (χ1n) is 4.95. The molecule has 0 aromatic heterocycles. The number of hydrogen-bond acceptors (Lipinski definition) is 5. The van der Waals surface area contributed by atoms with Crippen LogP contribution in [0.1, 0.15) is 5.56 Å². The van der Waals surface area contributed by atoms with Crippen LogP contribution >= 0.6 is 27.7 Å². The molecule has 0 saturated carbocycles. The molecule has 0 amide bonds. The van der Waals surface area contributed by atoms with Gasteiger partial charge in [-0.05, 0) is 17.7 Å². The molecule has 0 unspecified atom stereocenters. The van der Waals surface area contributed by atoms with Crippen molar-refractivity contribution in [2.24, 2.45) is 16.7 Å². The first-order valence-corrected chi connectivity index (χ1v) is 6.72. The number of thioether (sulfide) groups is 1. The van der Waals surface area contributed by atoms with Crippen LogP contribution in [0, 0.1) is 0 Å². The molecule has 2 rings (SSSR count). The number of rotatable bonds is 2. The van der Waals surface area contributed by atoms with Gasteiger partial charge in [0.15, 0.2) is 16.7 Å². The highest BCUT2D eigenvalue weighted by molar-refractivity contribution is 9.10. The van der Waals surface area contributed by atoms with Crippen LogP contribution in [-0.2, 0) is 5.75 Å². The van der Waals surface area contributed by atoms with Crippen LogP contribution in [0.25, 0.3) is 0 Å². The van der Waals surface area contributed by atoms with Crippen LogP contribution in [0.2, 0.25) is 0 Å². The lowest BCUT2D eigenvalue weighted by Gasteiger charge is -2.19. The van der Waals surface area contributed by atoms with Crippen molar-refractivity contribution in [2.45, 2.75) is 5.75 Å². The van der Waals surface area contributed by atoms with Gasteiger partial charge in [0, 0.05) is 10.2 Å². The third kappa shape index (κ3) is 2.98. The number of benzene rings is 1. The standard InChI is InChI=1S/C10H12BrN3O2S/c11-7-4-9-8(15-1-2-16-9)3-6(7)5-17-10(12)14-13/h3-4H,1-2,5,13H2,(H2,12,14). The Labute approximate surface area is 112 Å². The number of amidine groups is 1. The van der Waals surface area contributed by atoms with Crippen LogP contribution in [0.4, 0.5) is 0 Å². The summed E-state index contributed by atoms with van der Waals surface area (Å²) in [4.78, 5) is 0. The molecule has 0 fully saturated rings. The zero-order chi connectivity index (χ0) is 12.3. The summed E-state index contributed by atoms with van der Waals surface area (Å²) in [7, 11) is 0. The van der Waals surface area contributed by atoms with Crippen LogP contribution in [0.15, 0.2) is 21.7 Å². The van der Waals surface area contributed by atoms with Gasteiger partial charge >= 0.3 is 0 Å². The van der Waals surface area contributed by atoms with Crippen LogP contribution in [-0.4, -0.2) is 18.4 Å². The predicted octanol–water partition coefficient (Wildman–Crippen LogP) is 1.64. The lowest BCUT2D eigenvalue weighted by molar-refractivity contribution is 0.171. The molecule has 0 spiro atoms. The summed E-state index contributed by atoms with van der Waals surface area (Å²) in [5.41, 5.74) is 6.59. The van der Waals surface area contributed by atoms with E-state index in [1.165, 1.54) is 11.8 Å². The van der Waals surface area contributed by atoms with E-state index in [4.69, 9.17) is 21.1 Å². The van der Waals surface area contributed by atoms with Crippen molar-refractivity contribution in [3.05, 3.63) is 22.2 Å². The molecule has 5 nitrogen and oxygen atoms in total. The van der Waals surface area contributed by atoms with Crippen molar-refractivity contribution >= 4 is 32.9 Å². The maximum atomic E-state index is 5.53. The molecule has 92 valence electrons. The first kappa shape index (κ1) is 12.4. The Morgan fingerprint density at radius 3 is 2.65 bits per heavy atom. The SMILES string of the molecule is NN=C(N)SCc1cc2c(cc1Br)OCCO2. The Balaban J connectivity index is 2.17. The van der Waals surface area contributed by atoms with E-state index in [0.29, 0.717) is 24.1 Å². The average Bonchev–Trinajstić information content (AvgIpc) is 2.35. The maximum Gasteiger partial charge on any atom is 0.177 e. The van der Waals surface area contributed by atoms with Gasteiger partial charge in [0.05, 0.1) is 0 Å². The van der Waals surface area contributed by atoms with Crippen LogP contribution in [0.5, 0.6) is 11.5 Å². The highest BCUT2D eigenvalue weighted by Crippen LogP contribution is 2.36. The Morgan fingerprint density at radius 1 is 1.35 bits per heavy atom. The van der Waals surface area contributed by atoms with Gasteiger partial charge in [-0.25, -0.2) is 0 Å². The van der Waals surface area contributed by atoms with Crippen molar-refractivity contribution in [2.75, 3.05) is 13.2 Å². The second-order valence-corrected chi connectivity index (χ2v) is 5.19. The van der Waals surface area contributed by atoms with E-state index in [2.05, 4.69) is 21.0 Å². The van der Waals surface area contributed by atoms with Crippen molar-refractivity contribution in [3.8, 4) is 11.5 Å². The predicted molar refractivity (Wildman–Crippen MR) is 72.2 cm³/mol. The molecule has 0 atom stereocenters. The average molecular weight is 318 g/mol. The van der Waals surface area contributed by atoms with Crippen LogP contribution in [0.3, 0.4) is 0 Å². The number of nitrogens with two attached hydrogens (primary N) is 2. The van der Waals surface area contributed by atoms with Crippen LogP contribution < -0.4 is 21.1 Å². The molecule has 1 aliphatic heterocycles. The monoisotopic (exact) mass is 317 g/mol. The number of ether oxygens (including phenoxy) is 2. The minimum absolute atomic E-state index is 0.354. The smallest absolute Gasteiger partial charge is 0.177 e. The fourth-order valence-electron chi connectivity index (χ4n) is 1.41. The van der Waals surface area contributed by atoms with E-state index in [0.717, 1.165) is 21.5 Å². The molecule has 17 heavy (non-hydrogen) atoms. The topological polar surface area (TPSA) is 82.9 Å². The summed E-state index contributed by atoms with van der Waals surface area (Å²) in [6.45, 7) is 1.16. The largest absolute Gasteiger partial charge is 0.486 e. The lowest BCUT2D eigenvalue weighted by atomic mass is 10.2. The van der Waals surface area contributed by atoms with E-state index in [1.54, 1.807) is 0 Å². The van der Waals surface area contributed by atoms with Gasteiger partial charge in [0.25, 0.3) is 0 Å². The fraction of sp³-hybridized carbons (Fsp3) is 0.300. The van der Waals surface area contributed by atoms with E-state index < -0.39 is 0 Å². The molecule has 7 heteroatoms. The Kier molecular flexibility index (Phi) is 4.01. The molecule has 1 aromatic rings. The van der Waals surface area contributed by atoms with Crippen molar-refractivity contribution < 1.29 is 9.47 Å². The highest BCUT2D eigenvalue weighted by atomic mass is 79.9. The van der Waals surface area contributed by atoms with Gasteiger partial charge in [-0.2, -0.15) is 5.10 Å². The third-order valence-corrected chi connectivity index (χ3v) is 3.81. The van der Waals surface area contributed by atoms with E-state index in [1.807, 2.05) is 12.1 Å². The molecule has 0 bridgehead atoms. The van der Waals surface area contributed by atoms with Gasteiger partial charge in [0.2, 0.25) is 0 Å². The van der Waals surface area contributed by atoms with Gasteiger partial charge in [-0.15, -0.1) is 0 Å². The van der Waals surface area contributed by atoms with Gasteiger partial charge in [-0.3, -0.25) is 0 Å². The van der Waals surface area contributed by atoms with E-state index >= 15 is 0 Å². The van der Waals surface area contributed by atoms with Crippen molar-refractivity contribution in [1.29, 1.82) is 0 Å². The summed E-state index contributed by atoms with van der Waals surface area (Å²) < 4.78 is 11.9. The minimum atomic E-state index is 0.354. The summed E-state index contributed by atoms with van der Waals surface area (Å²) in [6.07, 6.45) is 0. The first-order chi connectivity index (χ1) is 8.20. The molecule has 4 N–H and O–H groups in total. The number of halogens is 1. The zero-order valence-electron chi connectivity index (χ0n) is 8.98. The Morgan fingerprint density at radius 2 is 2.00 bits per heavy atom. The lowest BCUT2D eigenvalue weighted by Crippen LogP contribution is -2.15. The van der Waals surface area contributed by atoms with Gasteiger partial charge in [-0.1, -0.05) is 27.7 Å². The van der Waals surface area contributed by atoms with E-state index in [-0.39, 0.29) is 0 Å². The molecule has 1 aromatic carbocycles. The highest BCUT2D eigenvalue weighted by Gasteiger charge is 2.14. The van der Waals surface area contributed by atoms with Gasteiger partial charge in [0.1, 0.15) is 13.2 Å². The minimum Gasteiger partial charge on any atom is -0.486 e. The van der Waals surface area contributed by atoms with Gasteiger partial charge < -0.3 is 21.1 Å². The maximum absolute atomic E-state index is 5.53.